The molecule has 34 heavy (non-hydrogen) atoms. The van der Waals surface area contributed by atoms with Crippen LogP contribution in [0.5, 0.6) is 0 Å². The molecule has 0 aromatic heterocycles. The molecule has 1 aliphatic carbocycles. The number of anilines is 1. The van der Waals surface area contributed by atoms with Gasteiger partial charge in [-0.25, -0.2) is 4.79 Å². The predicted molar refractivity (Wildman–Crippen MR) is 139 cm³/mol. The fraction of sp³-hybridized carbons (Fsp3) is 0.207. The zero-order valence-electron chi connectivity index (χ0n) is 19.9. The summed E-state index contributed by atoms with van der Waals surface area (Å²) < 4.78 is 5.29. The summed E-state index contributed by atoms with van der Waals surface area (Å²) >= 11 is 0. The van der Waals surface area contributed by atoms with E-state index in [1.54, 1.807) is 13.8 Å². The van der Waals surface area contributed by atoms with Crippen LogP contribution in [-0.4, -0.2) is 24.2 Å². The van der Waals surface area contributed by atoms with Crippen LogP contribution in [0, 0.1) is 0 Å². The molecule has 5 nitrogen and oxygen atoms in total. The third-order valence-electron chi connectivity index (χ3n) is 5.45. The Bertz CT molecular complexity index is 1200. The average Bonchev–Trinajstić information content (AvgIpc) is 2.83. The lowest BCUT2D eigenvalue weighted by molar-refractivity contribution is -0.138. The predicted octanol–water partition coefficient (Wildman–Crippen LogP) is 6.26. The smallest absolute Gasteiger partial charge is 0.338 e. The number of rotatable bonds is 8. The number of allylic oxidation sites excluding steroid dienone is 2. The van der Waals surface area contributed by atoms with Gasteiger partial charge >= 0.3 is 5.97 Å². The second kappa shape index (κ2) is 11.8. The van der Waals surface area contributed by atoms with Crippen LogP contribution in [0.15, 0.2) is 101 Å². The van der Waals surface area contributed by atoms with Crippen molar-refractivity contribution in [1.82, 2.24) is 0 Å². The van der Waals surface area contributed by atoms with Gasteiger partial charge in [-0.3, -0.25) is 9.79 Å². The number of nitrogens with zero attached hydrogens (tertiary/aromatic N) is 1. The Labute approximate surface area is 201 Å². The highest BCUT2D eigenvalue weighted by molar-refractivity contribution is 6.21. The molecule has 0 unspecified atom stereocenters. The third-order valence-corrected chi connectivity index (χ3v) is 5.45. The first-order valence-electron chi connectivity index (χ1n) is 11.4. The van der Waals surface area contributed by atoms with E-state index < -0.39 is 0 Å². The lowest BCUT2D eigenvalue weighted by Crippen LogP contribution is -2.20. The second-order valence-corrected chi connectivity index (χ2v) is 7.97. The summed E-state index contributed by atoms with van der Waals surface area (Å²) in [5.74, 6) is -0.553. The summed E-state index contributed by atoms with van der Waals surface area (Å²) in [5.41, 5.74) is 5.92. The molecule has 1 amide bonds. The normalized spacial score (nSPS) is 14.4. The molecular formula is C29H30N2O3. The van der Waals surface area contributed by atoms with E-state index in [0.29, 0.717) is 29.2 Å². The summed E-state index contributed by atoms with van der Waals surface area (Å²) in [7, 11) is 0. The number of carbonyl (C=O) groups excluding carboxylic acids is 2. The standard InChI is InChI=1S/C29H30N2O3/c1-5-30-27(26-20(3)12-10-17-25(26)29(33)34-6-2)23-15-11-16-24(19-23)31-28(32)21(4)18-22-13-8-7-9-14-22/h5,7-9,11,13-19H,1,6,10,12H2,2-4H3,(H,31,32)/b21-18+,30-27-. The molecule has 0 spiro atoms. The summed E-state index contributed by atoms with van der Waals surface area (Å²) in [6.45, 7) is 9.64. The van der Waals surface area contributed by atoms with Gasteiger partial charge in [0.15, 0.2) is 0 Å². The summed E-state index contributed by atoms with van der Waals surface area (Å²) in [6, 6.07) is 17.1. The van der Waals surface area contributed by atoms with Crippen LogP contribution in [0.4, 0.5) is 5.69 Å². The molecule has 0 atom stereocenters. The van der Waals surface area contributed by atoms with Crippen molar-refractivity contribution in [3.63, 3.8) is 0 Å². The van der Waals surface area contributed by atoms with Gasteiger partial charge in [0.1, 0.15) is 0 Å². The van der Waals surface area contributed by atoms with Crippen LogP contribution in [0.1, 0.15) is 44.7 Å². The number of hydrogen-bond acceptors (Lipinski definition) is 4. The summed E-state index contributed by atoms with van der Waals surface area (Å²) in [6.07, 6.45) is 6.81. The minimum absolute atomic E-state index is 0.191. The SMILES string of the molecule is C=C/N=C(\C1=C(C)CCC=C1C(=O)OCC)c1cccc(NC(=O)/C(C)=C/c2ccccc2)c1. The molecule has 3 rings (SSSR count). The van der Waals surface area contributed by atoms with Gasteiger partial charge in [-0.05, 0) is 57.4 Å². The van der Waals surface area contributed by atoms with Crippen molar-refractivity contribution >= 4 is 29.4 Å². The van der Waals surface area contributed by atoms with Crippen molar-refractivity contribution in [3.8, 4) is 0 Å². The fourth-order valence-corrected chi connectivity index (χ4v) is 3.83. The molecule has 1 N–H and O–H groups in total. The highest BCUT2D eigenvalue weighted by Gasteiger charge is 2.26. The highest BCUT2D eigenvalue weighted by Crippen LogP contribution is 2.30. The zero-order chi connectivity index (χ0) is 24.5. The molecule has 2 aromatic carbocycles. The Morgan fingerprint density at radius 1 is 1.15 bits per heavy atom. The number of nitrogens with one attached hydrogen (secondary N) is 1. The zero-order valence-corrected chi connectivity index (χ0v) is 19.9. The Morgan fingerprint density at radius 3 is 2.62 bits per heavy atom. The molecule has 1 aliphatic rings. The minimum Gasteiger partial charge on any atom is -0.462 e. The summed E-state index contributed by atoms with van der Waals surface area (Å²) in [4.78, 5) is 30.0. The number of ether oxygens (including phenoxy) is 1. The van der Waals surface area contributed by atoms with Gasteiger partial charge in [0.2, 0.25) is 0 Å². The van der Waals surface area contributed by atoms with Crippen LogP contribution >= 0.6 is 0 Å². The monoisotopic (exact) mass is 454 g/mol. The molecule has 0 radical (unpaired) electrons. The maximum absolute atomic E-state index is 12.8. The number of esters is 1. The molecule has 0 fully saturated rings. The van der Waals surface area contributed by atoms with Gasteiger partial charge in [0.05, 0.1) is 17.9 Å². The molecule has 0 aliphatic heterocycles. The van der Waals surface area contributed by atoms with Crippen molar-refractivity contribution in [2.45, 2.75) is 33.6 Å². The number of amides is 1. The Morgan fingerprint density at radius 2 is 1.91 bits per heavy atom. The van der Waals surface area contributed by atoms with E-state index >= 15 is 0 Å². The second-order valence-electron chi connectivity index (χ2n) is 7.97. The van der Waals surface area contributed by atoms with E-state index in [-0.39, 0.29) is 11.9 Å². The highest BCUT2D eigenvalue weighted by atomic mass is 16.5. The van der Waals surface area contributed by atoms with E-state index in [0.717, 1.165) is 35.1 Å². The molecule has 174 valence electrons. The first-order valence-corrected chi connectivity index (χ1v) is 11.4. The van der Waals surface area contributed by atoms with Crippen LogP contribution in [0.2, 0.25) is 0 Å². The summed E-state index contributed by atoms with van der Waals surface area (Å²) in [5, 5.41) is 2.96. The largest absolute Gasteiger partial charge is 0.462 e. The van der Waals surface area contributed by atoms with Gasteiger partial charge in [0, 0.05) is 28.6 Å². The average molecular weight is 455 g/mol. The molecule has 0 bridgehead atoms. The van der Waals surface area contributed by atoms with Crippen molar-refractivity contribution in [2.75, 3.05) is 11.9 Å². The van der Waals surface area contributed by atoms with Crippen molar-refractivity contribution < 1.29 is 14.3 Å². The molecule has 2 aromatic rings. The van der Waals surface area contributed by atoms with Crippen molar-refractivity contribution in [1.29, 1.82) is 0 Å². The van der Waals surface area contributed by atoms with Gasteiger partial charge in [0.25, 0.3) is 5.91 Å². The van der Waals surface area contributed by atoms with E-state index in [9.17, 15) is 9.59 Å². The maximum atomic E-state index is 12.8. The first kappa shape index (κ1) is 24.6. The van der Waals surface area contributed by atoms with E-state index in [1.807, 2.05) is 73.7 Å². The Balaban J connectivity index is 1.91. The molecule has 0 heterocycles. The van der Waals surface area contributed by atoms with Crippen LogP contribution < -0.4 is 5.32 Å². The minimum atomic E-state index is -0.362. The van der Waals surface area contributed by atoms with Crippen LogP contribution in [0.3, 0.4) is 0 Å². The quantitative estimate of drug-likeness (QED) is 0.291. The Hall–Kier alpha value is -3.99. The lowest BCUT2D eigenvalue weighted by atomic mass is 9.86. The molecule has 5 heteroatoms. The van der Waals surface area contributed by atoms with Gasteiger partial charge in [-0.2, -0.15) is 0 Å². The van der Waals surface area contributed by atoms with Crippen LogP contribution in [-0.2, 0) is 14.3 Å². The molecular weight excluding hydrogens is 424 g/mol. The Kier molecular flexibility index (Phi) is 8.52. The maximum Gasteiger partial charge on any atom is 0.338 e. The van der Waals surface area contributed by atoms with Crippen molar-refractivity contribution in [3.05, 3.63) is 107 Å². The van der Waals surface area contributed by atoms with Gasteiger partial charge in [-0.1, -0.05) is 60.7 Å². The van der Waals surface area contributed by atoms with Gasteiger partial charge in [-0.15, -0.1) is 0 Å². The molecule has 0 saturated heterocycles. The van der Waals surface area contributed by atoms with Crippen molar-refractivity contribution in [2.24, 2.45) is 4.99 Å². The topological polar surface area (TPSA) is 67.8 Å². The molecule has 0 saturated carbocycles. The lowest BCUT2D eigenvalue weighted by Gasteiger charge is -2.21. The van der Waals surface area contributed by atoms with Gasteiger partial charge < -0.3 is 10.1 Å². The van der Waals surface area contributed by atoms with E-state index in [1.165, 1.54) is 6.20 Å². The van der Waals surface area contributed by atoms with E-state index in [4.69, 9.17) is 4.74 Å². The first-order chi connectivity index (χ1) is 16.4. The number of aliphatic imine (C=N–C) groups is 1. The number of hydrogen-bond donors (Lipinski definition) is 1. The number of carbonyl (C=O) groups is 2. The number of benzene rings is 2. The third kappa shape index (κ3) is 6.07. The van der Waals surface area contributed by atoms with E-state index in [2.05, 4.69) is 16.9 Å². The fourth-order valence-electron chi connectivity index (χ4n) is 3.83. The van der Waals surface area contributed by atoms with Crippen LogP contribution in [0.25, 0.3) is 6.08 Å².